The van der Waals surface area contributed by atoms with Crippen LogP contribution in [-0.4, -0.2) is 36.3 Å². The fraction of sp³-hybridized carbons (Fsp3) is 0.229. The van der Waals surface area contributed by atoms with Gasteiger partial charge in [0.1, 0.15) is 30.5 Å². The number of hydrogen-bond donors (Lipinski definition) is 1. The largest absolute Gasteiger partial charge is 0.492 e. The average molecular weight is 612 g/mol. The highest BCUT2D eigenvalue weighted by atomic mass is 32.2. The van der Waals surface area contributed by atoms with E-state index >= 15 is 0 Å². The molecule has 1 aliphatic rings. The summed E-state index contributed by atoms with van der Waals surface area (Å²) in [5.74, 6) is 1.02. The van der Waals surface area contributed by atoms with E-state index in [4.69, 9.17) is 19.3 Å². The molecule has 8 nitrogen and oxygen atoms in total. The highest BCUT2D eigenvalue weighted by Gasteiger charge is 2.26. The highest BCUT2D eigenvalue weighted by molar-refractivity contribution is 7.89. The topological polar surface area (TPSA) is 104 Å². The first-order chi connectivity index (χ1) is 21.1. The predicted molar refractivity (Wildman–Crippen MR) is 169 cm³/mol. The van der Waals surface area contributed by atoms with Gasteiger partial charge in [-0.25, -0.2) is 12.4 Å². The summed E-state index contributed by atoms with van der Waals surface area (Å²) >= 11 is 0. The molecule has 5 aromatic rings. The summed E-state index contributed by atoms with van der Waals surface area (Å²) in [6, 6.07) is 26.9. The van der Waals surface area contributed by atoms with Gasteiger partial charge in [0.25, 0.3) is 0 Å². The molecule has 6 rings (SSSR count). The van der Waals surface area contributed by atoms with Crippen molar-refractivity contribution in [3.63, 3.8) is 0 Å². The van der Waals surface area contributed by atoms with Crippen LogP contribution in [0.3, 0.4) is 0 Å². The van der Waals surface area contributed by atoms with Crippen LogP contribution in [0.4, 0.5) is 0 Å². The molecule has 0 saturated heterocycles. The zero-order chi connectivity index (χ0) is 31.0. The summed E-state index contributed by atoms with van der Waals surface area (Å²) in [5.41, 5.74) is 7.32. The van der Waals surface area contributed by atoms with Gasteiger partial charge in [-0.1, -0.05) is 42.5 Å². The predicted octanol–water partition coefficient (Wildman–Crippen LogP) is 6.84. The molecule has 1 N–H and O–H groups in total. The summed E-state index contributed by atoms with van der Waals surface area (Å²) in [4.78, 5) is 11.1. The smallest absolute Gasteiger partial charge is 0.304 e. The lowest BCUT2D eigenvalue weighted by Crippen LogP contribution is -2.14. The normalized spacial score (nSPS) is 14.3. The van der Waals surface area contributed by atoms with E-state index in [1.165, 1.54) is 10.2 Å². The monoisotopic (exact) mass is 611 g/mol. The van der Waals surface area contributed by atoms with Crippen LogP contribution in [0.5, 0.6) is 17.2 Å². The summed E-state index contributed by atoms with van der Waals surface area (Å²) in [7, 11) is -3.52. The second-order valence-corrected chi connectivity index (χ2v) is 13.1. The van der Waals surface area contributed by atoms with Gasteiger partial charge in [0.05, 0.1) is 30.5 Å². The number of carbonyl (C=O) groups is 1. The van der Waals surface area contributed by atoms with Gasteiger partial charge in [-0.05, 0) is 78.1 Å². The van der Waals surface area contributed by atoms with Gasteiger partial charge in [-0.15, -0.1) is 0 Å². The molecular weight excluding hydrogens is 578 g/mol. The van der Waals surface area contributed by atoms with E-state index in [0.717, 1.165) is 38.8 Å². The van der Waals surface area contributed by atoms with Crippen LogP contribution in [-0.2, 0) is 28.0 Å². The molecule has 1 atom stereocenters. The fourth-order valence-corrected chi connectivity index (χ4v) is 7.06. The van der Waals surface area contributed by atoms with E-state index in [1.54, 1.807) is 6.07 Å². The number of aliphatic carboxylic acids is 1. The fourth-order valence-electron chi connectivity index (χ4n) is 6.01. The standard InChI is InChI=1S/C35H33NO7S/c1-22-13-30(42-21-28-16-25-8-4-5-10-32(25)36(28)44(3,39)40)14-23(2)35(22)26-9-6-7-24(15-26)19-41-29-11-12-31-27(17-34(37)38)20-43-33(31)18-29/h4-16,18,27H,17,19-21H2,1-3H3,(H,37,38). The van der Waals surface area contributed by atoms with Crippen LogP contribution < -0.4 is 14.2 Å². The zero-order valence-corrected chi connectivity index (χ0v) is 25.6. The van der Waals surface area contributed by atoms with E-state index in [2.05, 4.69) is 12.1 Å². The molecule has 0 radical (unpaired) electrons. The minimum absolute atomic E-state index is 0.0423. The SMILES string of the molecule is Cc1cc(OCc2cc3ccccc3n2S(C)(=O)=O)cc(C)c1-c1cccc(COc2ccc3c(c2)OCC3CC(=O)O)c1. The minimum Gasteiger partial charge on any atom is -0.492 e. The Labute approximate surface area is 256 Å². The van der Waals surface area contributed by atoms with Gasteiger partial charge in [0, 0.05) is 22.9 Å². The summed E-state index contributed by atoms with van der Waals surface area (Å²) in [6.45, 7) is 4.91. The summed E-state index contributed by atoms with van der Waals surface area (Å²) < 4.78 is 44.4. The quantitative estimate of drug-likeness (QED) is 0.184. The molecule has 1 aromatic heterocycles. The van der Waals surface area contributed by atoms with Crippen LogP contribution >= 0.6 is 0 Å². The Bertz CT molecular complexity index is 1970. The number of rotatable bonds is 10. The van der Waals surface area contributed by atoms with Gasteiger partial charge < -0.3 is 19.3 Å². The van der Waals surface area contributed by atoms with Crippen molar-refractivity contribution in [3.05, 3.63) is 113 Å². The van der Waals surface area contributed by atoms with Crippen molar-refractivity contribution >= 4 is 26.9 Å². The molecule has 44 heavy (non-hydrogen) atoms. The van der Waals surface area contributed by atoms with Crippen molar-refractivity contribution < 1.29 is 32.5 Å². The molecule has 0 bridgehead atoms. The third-order valence-electron chi connectivity index (χ3n) is 7.87. The average Bonchev–Trinajstić information content (AvgIpc) is 3.55. The molecule has 0 spiro atoms. The Hall–Kier alpha value is -4.76. The molecule has 9 heteroatoms. The van der Waals surface area contributed by atoms with Crippen molar-refractivity contribution in [3.8, 4) is 28.4 Å². The van der Waals surface area contributed by atoms with Crippen molar-refractivity contribution in [2.75, 3.05) is 12.9 Å². The Kier molecular flexibility index (Phi) is 7.82. The maximum atomic E-state index is 12.6. The molecular formula is C35H33NO7S. The van der Waals surface area contributed by atoms with Crippen LogP contribution in [0, 0.1) is 13.8 Å². The number of aromatic nitrogens is 1. The van der Waals surface area contributed by atoms with Gasteiger partial charge in [-0.2, -0.15) is 0 Å². The van der Waals surface area contributed by atoms with Crippen molar-refractivity contribution in [1.29, 1.82) is 0 Å². The van der Waals surface area contributed by atoms with Crippen molar-refractivity contribution in [2.45, 2.75) is 39.4 Å². The molecule has 0 saturated carbocycles. The number of ether oxygens (including phenoxy) is 3. The maximum absolute atomic E-state index is 12.6. The van der Waals surface area contributed by atoms with Crippen molar-refractivity contribution in [2.24, 2.45) is 0 Å². The number of carboxylic acids is 1. The van der Waals surface area contributed by atoms with E-state index < -0.39 is 16.0 Å². The van der Waals surface area contributed by atoms with Gasteiger partial charge in [0.15, 0.2) is 0 Å². The highest BCUT2D eigenvalue weighted by Crippen LogP contribution is 2.38. The lowest BCUT2D eigenvalue weighted by molar-refractivity contribution is -0.137. The summed E-state index contributed by atoms with van der Waals surface area (Å²) in [5, 5.41) is 9.98. The first-order valence-electron chi connectivity index (χ1n) is 14.3. The molecule has 0 amide bonds. The second kappa shape index (κ2) is 11.7. The van der Waals surface area contributed by atoms with Crippen LogP contribution in [0.15, 0.2) is 84.9 Å². The molecule has 0 fully saturated rings. The number of nitrogens with zero attached hydrogens (tertiary/aromatic N) is 1. The second-order valence-electron chi connectivity index (χ2n) is 11.2. The number of hydrogen-bond acceptors (Lipinski definition) is 6. The lowest BCUT2D eigenvalue weighted by Gasteiger charge is -2.16. The van der Waals surface area contributed by atoms with Gasteiger partial charge in [0.2, 0.25) is 10.0 Å². The zero-order valence-electron chi connectivity index (χ0n) is 24.7. The summed E-state index contributed by atoms with van der Waals surface area (Å²) in [6.07, 6.45) is 1.24. The van der Waals surface area contributed by atoms with E-state index in [9.17, 15) is 13.2 Å². The Morgan fingerprint density at radius 3 is 2.41 bits per heavy atom. The number of fused-ring (bicyclic) bond motifs is 2. The Balaban J connectivity index is 1.16. The minimum atomic E-state index is -3.52. The maximum Gasteiger partial charge on any atom is 0.304 e. The van der Waals surface area contributed by atoms with E-state index in [1.807, 2.05) is 80.6 Å². The lowest BCUT2D eigenvalue weighted by atomic mass is 9.94. The van der Waals surface area contributed by atoms with Crippen LogP contribution in [0.25, 0.3) is 22.0 Å². The van der Waals surface area contributed by atoms with Crippen LogP contribution in [0.2, 0.25) is 0 Å². The van der Waals surface area contributed by atoms with E-state index in [0.29, 0.717) is 41.7 Å². The van der Waals surface area contributed by atoms with Crippen molar-refractivity contribution in [1.82, 2.24) is 3.97 Å². The molecule has 1 aliphatic heterocycles. The number of aryl methyl sites for hydroxylation is 2. The molecule has 4 aromatic carbocycles. The first kappa shape index (κ1) is 29.3. The van der Waals surface area contributed by atoms with E-state index in [-0.39, 0.29) is 18.9 Å². The van der Waals surface area contributed by atoms with Gasteiger partial charge in [-0.3, -0.25) is 4.79 Å². The third-order valence-corrected chi connectivity index (χ3v) is 8.96. The Morgan fingerprint density at radius 2 is 1.66 bits per heavy atom. The number of para-hydroxylation sites is 1. The number of carboxylic acid groups (broad SMARTS) is 1. The molecule has 0 aliphatic carbocycles. The number of benzene rings is 4. The van der Waals surface area contributed by atoms with Crippen LogP contribution in [0.1, 0.15) is 40.3 Å². The first-order valence-corrected chi connectivity index (χ1v) is 16.2. The molecule has 1 unspecified atom stereocenters. The molecule has 226 valence electrons. The Morgan fingerprint density at radius 1 is 0.909 bits per heavy atom. The molecule has 2 heterocycles. The third kappa shape index (κ3) is 6.01. The van der Waals surface area contributed by atoms with Gasteiger partial charge >= 0.3 is 5.97 Å².